The normalized spacial score (nSPS) is 24.2. The van der Waals surface area contributed by atoms with Gasteiger partial charge in [-0.1, -0.05) is 31.0 Å². The number of carbonyl (C=O) groups is 1. The van der Waals surface area contributed by atoms with Crippen LogP contribution in [0, 0.1) is 6.92 Å². The predicted octanol–water partition coefficient (Wildman–Crippen LogP) is 3.62. The van der Waals surface area contributed by atoms with Gasteiger partial charge in [0.25, 0.3) is 5.91 Å². The van der Waals surface area contributed by atoms with Gasteiger partial charge >= 0.3 is 0 Å². The van der Waals surface area contributed by atoms with Crippen molar-refractivity contribution in [2.45, 2.75) is 50.6 Å². The fourth-order valence-electron chi connectivity index (χ4n) is 4.79. The Bertz CT molecular complexity index is 1000. The van der Waals surface area contributed by atoms with Gasteiger partial charge in [-0.3, -0.25) is 9.79 Å². The van der Waals surface area contributed by atoms with E-state index >= 15 is 0 Å². The van der Waals surface area contributed by atoms with Crippen LogP contribution in [-0.2, 0) is 4.79 Å². The lowest BCUT2D eigenvalue weighted by Crippen LogP contribution is -2.55. The number of carbonyl (C=O) groups excluding carboxylic acids is 1. The molecule has 1 unspecified atom stereocenters. The molecule has 7 heteroatoms. The molecule has 2 aromatic rings. The SMILES string of the molecule is Cc1ccccc1OCC(=O)N1CCC2(C1)Nc1cccnc1NC2=NC1CCCC1. The summed E-state index contributed by atoms with van der Waals surface area (Å²) in [5, 5.41) is 7.16. The van der Waals surface area contributed by atoms with Crippen molar-refractivity contribution < 1.29 is 9.53 Å². The fourth-order valence-corrected chi connectivity index (χ4v) is 4.79. The number of fused-ring (bicyclic) bond motifs is 1. The van der Waals surface area contributed by atoms with Gasteiger partial charge in [0.1, 0.15) is 17.1 Å². The predicted molar refractivity (Wildman–Crippen MR) is 122 cm³/mol. The van der Waals surface area contributed by atoms with Gasteiger partial charge in [0.15, 0.2) is 12.4 Å². The van der Waals surface area contributed by atoms with Crippen LogP contribution in [0.15, 0.2) is 47.6 Å². The van der Waals surface area contributed by atoms with Gasteiger partial charge in [-0.15, -0.1) is 0 Å². The number of aliphatic imine (C=N–C) groups is 1. The number of aryl methyl sites for hydroxylation is 1. The number of rotatable bonds is 4. The number of anilines is 2. The second-order valence-electron chi connectivity index (χ2n) is 8.77. The van der Waals surface area contributed by atoms with E-state index in [1.807, 2.05) is 48.2 Å². The van der Waals surface area contributed by atoms with E-state index in [4.69, 9.17) is 9.73 Å². The van der Waals surface area contributed by atoms with Gasteiger partial charge in [-0.25, -0.2) is 4.98 Å². The number of likely N-dealkylation sites (tertiary alicyclic amines) is 1. The molecule has 1 atom stereocenters. The summed E-state index contributed by atoms with van der Waals surface area (Å²) >= 11 is 0. The molecule has 1 saturated heterocycles. The molecule has 2 aliphatic heterocycles. The monoisotopic (exact) mass is 419 g/mol. The van der Waals surface area contributed by atoms with E-state index in [9.17, 15) is 4.79 Å². The van der Waals surface area contributed by atoms with Crippen molar-refractivity contribution in [2.75, 3.05) is 30.3 Å². The second-order valence-corrected chi connectivity index (χ2v) is 8.77. The summed E-state index contributed by atoms with van der Waals surface area (Å²) in [4.78, 5) is 24.4. The number of ether oxygens (including phenoxy) is 1. The number of nitrogens with one attached hydrogen (secondary N) is 2. The number of hydrogen-bond acceptors (Lipinski definition) is 5. The molecule has 7 nitrogen and oxygen atoms in total. The van der Waals surface area contributed by atoms with Gasteiger partial charge < -0.3 is 20.3 Å². The number of amidine groups is 1. The molecule has 2 N–H and O–H groups in total. The van der Waals surface area contributed by atoms with Crippen LogP contribution in [0.1, 0.15) is 37.7 Å². The van der Waals surface area contributed by atoms with Gasteiger partial charge in [0.2, 0.25) is 0 Å². The number of para-hydroxylation sites is 1. The number of benzene rings is 1. The van der Waals surface area contributed by atoms with Crippen LogP contribution in [0.25, 0.3) is 0 Å². The number of pyridine rings is 1. The zero-order valence-electron chi connectivity index (χ0n) is 17.9. The number of hydrogen-bond donors (Lipinski definition) is 2. The molecule has 5 rings (SSSR count). The summed E-state index contributed by atoms with van der Waals surface area (Å²) in [5.41, 5.74) is 1.58. The van der Waals surface area contributed by atoms with Crippen molar-refractivity contribution in [1.29, 1.82) is 0 Å². The Balaban J connectivity index is 1.34. The maximum atomic E-state index is 13.0. The molecule has 1 aromatic heterocycles. The first-order valence-corrected chi connectivity index (χ1v) is 11.2. The number of aromatic nitrogens is 1. The molecule has 2 fully saturated rings. The molecule has 1 spiro atoms. The zero-order valence-corrected chi connectivity index (χ0v) is 17.9. The van der Waals surface area contributed by atoms with E-state index in [-0.39, 0.29) is 12.5 Å². The average molecular weight is 420 g/mol. The van der Waals surface area contributed by atoms with Crippen molar-refractivity contribution >= 4 is 23.2 Å². The average Bonchev–Trinajstić information content (AvgIpc) is 3.44. The first kappa shape index (κ1) is 19.8. The Morgan fingerprint density at radius 1 is 1.26 bits per heavy atom. The third-order valence-corrected chi connectivity index (χ3v) is 6.57. The second kappa shape index (κ2) is 8.21. The number of nitrogens with zero attached hydrogens (tertiary/aromatic N) is 3. The summed E-state index contributed by atoms with van der Waals surface area (Å²) < 4.78 is 5.81. The minimum atomic E-state index is -0.406. The minimum absolute atomic E-state index is 0.000807. The standard InChI is InChI=1S/C24H29N5O2/c1-17-7-2-5-11-20(17)31-15-21(30)29-14-12-24(16-29)23(26-18-8-3-4-9-18)27-22-19(28-24)10-6-13-25-22/h2,5-7,10-11,13,18,28H,3-4,8-9,12,14-16H2,1H3,(H,25,26,27). The Morgan fingerprint density at radius 3 is 2.94 bits per heavy atom. The first-order chi connectivity index (χ1) is 15.1. The third-order valence-electron chi connectivity index (χ3n) is 6.57. The van der Waals surface area contributed by atoms with Crippen LogP contribution >= 0.6 is 0 Å². The molecule has 3 heterocycles. The van der Waals surface area contributed by atoms with Crippen molar-refractivity contribution in [3.8, 4) is 5.75 Å². The smallest absolute Gasteiger partial charge is 0.260 e. The maximum Gasteiger partial charge on any atom is 0.260 e. The fraction of sp³-hybridized carbons (Fsp3) is 0.458. The molecule has 162 valence electrons. The molecule has 1 aliphatic carbocycles. The van der Waals surface area contributed by atoms with E-state index in [1.54, 1.807) is 6.20 Å². The van der Waals surface area contributed by atoms with Crippen LogP contribution in [0.5, 0.6) is 5.75 Å². The molecular weight excluding hydrogens is 390 g/mol. The highest BCUT2D eigenvalue weighted by Gasteiger charge is 2.47. The highest BCUT2D eigenvalue weighted by atomic mass is 16.5. The topological polar surface area (TPSA) is 78.8 Å². The molecular formula is C24H29N5O2. The summed E-state index contributed by atoms with van der Waals surface area (Å²) in [6.07, 6.45) is 7.31. The quantitative estimate of drug-likeness (QED) is 0.791. The largest absolute Gasteiger partial charge is 0.484 e. The Hall–Kier alpha value is -3.09. The Morgan fingerprint density at radius 2 is 2.10 bits per heavy atom. The summed E-state index contributed by atoms with van der Waals surface area (Å²) in [5.74, 6) is 2.48. The van der Waals surface area contributed by atoms with Gasteiger partial charge in [0, 0.05) is 12.7 Å². The molecule has 1 aromatic carbocycles. The van der Waals surface area contributed by atoms with Gasteiger partial charge in [0.05, 0.1) is 18.3 Å². The summed E-state index contributed by atoms with van der Waals surface area (Å²) in [6.45, 7) is 3.26. The van der Waals surface area contributed by atoms with Crippen molar-refractivity contribution in [2.24, 2.45) is 4.99 Å². The van der Waals surface area contributed by atoms with E-state index < -0.39 is 5.54 Å². The van der Waals surface area contributed by atoms with Crippen molar-refractivity contribution in [3.63, 3.8) is 0 Å². The molecule has 31 heavy (non-hydrogen) atoms. The van der Waals surface area contributed by atoms with Gasteiger partial charge in [-0.05, 0) is 49.9 Å². The van der Waals surface area contributed by atoms with Gasteiger partial charge in [-0.2, -0.15) is 0 Å². The van der Waals surface area contributed by atoms with E-state index in [1.165, 1.54) is 12.8 Å². The lowest BCUT2D eigenvalue weighted by molar-refractivity contribution is -0.132. The summed E-state index contributed by atoms with van der Waals surface area (Å²) in [6, 6.07) is 12.1. The zero-order chi connectivity index (χ0) is 21.3. The van der Waals surface area contributed by atoms with E-state index in [0.29, 0.717) is 19.1 Å². The molecule has 1 saturated carbocycles. The van der Waals surface area contributed by atoms with Crippen LogP contribution in [0.2, 0.25) is 0 Å². The molecule has 1 amide bonds. The van der Waals surface area contributed by atoms with Crippen LogP contribution in [-0.4, -0.2) is 52.9 Å². The Labute approximate surface area is 182 Å². The highest BCUT2D eigenvalue weighted by molar-refractivity contribution is 6.09. The first-order valence-electron chi connectivity index (χ1n) is 11.2. The molecule has 3 aliphatic rings. The maximum absolute atomic E-state index is 13.0. The summed E-state index contributed by atoms with van der Waals surface area (Å²) in [7, 11) is 0. The minimum Gasteiger partial charge on any atom is -0.484 e. The highest BCUT2D eigenvalue weighted by Crippen LogP contribution is 2.36. The molecule has 0 bridgehead atoms. The lowest BCUT2D eigenvalue weighted by atomic mass is 9.93. The van der Waals surface area contributed by atoms with Crippen molar-refractivity contribution in [3.05, 3.63) is 48.2 Å². The Kier molecular flexibility index (Phi) is 5.26. The van der Waals surface area contributed by atoms with Crippen LogP contribution in [0.3, 0.4) is 0 Å². The van der Waals surface area contributed by atoms with Crippen molar-refractivity contribution in [1.82, 2.24) is 9.88 Å². The number of amides is 1. The van der Waals surface area contributed by atoms with E-state index in [2.05, 4.69) is 15.6 Å². The molecule has 0 radical (unpaired) electrons. The lowest BCUT2D eigenvalue weighted by Gasteiger charge is -2.38. The van der Waals surface area contributed by atoms with Crippen LogP contribution in [0.4, 0.5) is 11.5 Å². The third kappa shape index (κ3) is 3.96. The van der Waals surface area contributed by atoms with Crippen LogP contribution < -0.4 is 15.4 Å². The van der Waals surface area contributed by atoms with E-state index in [0.717, 1.165) is 47.9 Å².